The van der Waals surface area contributed by atoms with Crippen LogP contribution < -0.4 is 10.6 Å². The SMILES string of the molecule is Cc1c(C(C)NC2CCC(=O)NC2)sc2ccccc12. The Labute approximate surface area is 123 Å². The molecule has 1 fully saturated rings. The van der Waals surface area contributed by atoms with Crippen molar-refractivity contribution < 1.29 is 4.79 Å². The molecule has 3 rings (SSSR count). The van der Waals surface area contributed by atoms with Crippen LogP contribution in [0.25, 0.3) is 10.1 Å². The predicted molar refractivity (Wildman–Crippen MR) is 84.1 cm³/mol. The molecule has 0 saturated carbocycles. The van der Waals surface area contributed by atoms with Crippen LogP contribution in [0.3, 0.4) is 0 Å². The van der Waals surface area contributed by atoms with Gasteiger partial charge in [-0.25, -0.2) is 0 Å². The van der Waals surface area contributed by atoms with Gasteiger partial charge in [0.2, 0.25) is 5.91 Å². The molecule has 20 heavy (non-hydrogen) atoms. The van der Waals surface area contributed by atoms with Gasteiger partial charge in [-0.3, -0.25) is 4.79 Å². The summed E-state index contributed by atoms with van der Waals surface area (Å²) in [6.45, 7) is 5.16. The Morgan fingerprint density at radius 1 is 1.40 bits per heavy atom. The van der Waals surface area contributed by atoms with Crippen molar-refractivity contribution in [3.05, 3.63) is 34.7 Å². The maximum atomic E-state index is 11.2. The lowest BCUT2D eigenvalue weighted by Gasteiger charge is -2.27. The van der Waals surface area contributed by atoms with Crippen molar-refractivity contribution in [3.8, 4) is 0 Å². The number of amides is 1. The maximum Gasteiger partial charge on any atom is 0.220 e. The van der Waals surface area contributed by atoms with Crippen LogP contribution in [-0.2, 0) is 4.79 Å². The van der Waals surface area contributed by atoms with E-state index in [1.165, 1.54) is 20.5 Å². The number of hydrogen-bond donors (Lipinski definition) is 2. The van der Waals surface area contributed by atoms with Gasteiger partial charge in [0.15, 0.2) is 0 Å². The van der Waals surface area contributed by atoms with E-state index in [1.807, 2.05) is 11.3 Å². The van der Waals surface area contributed by atoms with Crippen LogP contribution in [0.4, 0.5) is 0 Å². The summed E-state index contributed by atoms with van der Waals surface area (Å²) < 4.78 is 1.35. The summed E-state index contributed by atoms with van der Waals surface area (Å²) in [7, 11) is 0. The molecular weight excluding hydrogens is 268 g/mol. The Hall–Kier alpha value is -1.39. The second-order valence-corrected chi connectivity index (χ2v) is 6.60. The van der Waals surface area contributed by atoms with Gasteiger partial charge < -0.3 is 10.6 Å². The van der Waals surface area contributed by atoms with Gasteiger partial charge in [0.25, 0.3) is 0 Å². The van der Waals surface area contributed by atoms with E-state index in [4.69, 9.17) is 0 Å². The number of thiophene rings is 1. The normalized spacial score (nSPS) is 20.9. The van der Waals surface area contributed by atoms with Gasteiger partial charge in [-0.05, 0) is 37.3 Å². The number of carbonyl (C=O) groups excluding carboxylic acids is 1. The number of piperidine rings is 1. The van der Waals surface area contributed by atoms with Crippen molar-refractivity contribution in [2.75, 3.05) is 6.54 Å². The summed E-state index contributed by atoms with van der Waals surface area (Å²) >= 11 is 1.87. The number of benzene rings is 1. The van der Waals surface area contributed by atoms with Gasteiger partial charge in [-0.15, -0.1) is 11.3 Å². The molecule has 1 aromatic heterocycles. The van der Waals surface area contributed by atoms with Gasteiger partial charge in [-0.1, -0.05) is 18.2 Å². The molecule has 1 amide bonds. The summed E-state index contributed by atoms with van der Waals surface area (Å²) in [5.74, 6) is 0.175. The van der Waals surface area contributed by atoms with Gasteiger partial charge in [0.05, 0.1) is 0 Å². The van der Waals surface area contributed by atoms with Crippen molar-refractivity contribution in [2.24, 2.45) is 0 Å². The lowest BCUT2D eigenvalue weighted by Crippen LogP contribution is -2.46. The first-order valence-corrected chi connectivity index (χ1v) is 7.97. The first kappa shape index (κ1) is 13.6. The van der Waals surface area contributed by atoms with E-state index in [9.17, 15) is 4.79 Å². The van der Waals surface area contributed by atoms with Gasteiger partial charge >= 0.3 is 0 Å². The molecule has 0 bridgehead atoms. The second-order valence-electron chi connectivity index (χ2n) is 5.52. The highest BCUT2D eigenvalue weighted by atomic mass is 32.1. The number of fused-ring (bicyclic) bond motifs is 1. The molecule has 2 N–H and O–H groups in total. The minimum Gasteiger partial charge on any atom is -0.355 e. The average Bonchev–Trinajstić information content (AvgIpc) is 2.79. The summed E-state index contributed by atoms with van der Waals surface area (Å²) in [5.41, 5.74) is 1.38. The van der Waals surface area contributed by atoms with Crippen molar-refractivity contribution in [1.82, 2.24) is 10.6 Å². The fourth-order valence-corrected chi connectivity index (χ4v) is 4.13. The lowest BCUT2D eigenvalue weighted by molar-refractivity contribution is -0.122. The molecule has 2 unspecified atom stereocenters. The van der Waals surface area contributed by atoms with E-state index < -0.39 is 0 Å². The van der Waals surface area contributed by atoms with Crippen molar-refractivity contribution in [1.29, 1.82) is 0 Å². The highest BCUT2D eigenvalue weighted by Gasteiger charge is 2.21. The fourth-order valence-electron chi connectivity index (χ4n) is 2.91. The second kappa shape index (κ2) is 5.54. The average molecular weight is 288 g/mol. The first-order valence-electron chi connectivity index (χ1n) is 7.16. The molecule has 1 aliphatic heterocycles. The topological polar surface area (TPSA) is 41.1 Å². The molecule has 1 saturated heterocycles. The lowest BCUT2D eigenvalue weighted by atomic mass is 10.0. The van der Waals surface area contributed by atoms with Crippen molar-refractivity contribution in [2.45, 2.75) is 38.8 Å². The quantitative estimate of drug-likeness (QED) is 0.911. The minimum atomic E-state index is 0.175. The summed E-state index contributed by atoms with van der Waals surface area (Å²) in [6, 6.07) is 9.28. The van der Waals surface area contributed by atoms with E-state index in [-0.39, 0.29) is 5.91 Å². The van der Waals surface area contributed by atoms with E-state index in [0.29, 0.717) is 18.5 Å². The molecule has 2 heterocycles. The van der Waals surface area contributed by atoms with E-state index in [0.717, 1.165) is 13.0 Å². The minimum absolute atomic E-state index is 0.175. The van der Waals surface area contributed by atoms with E-state index >= 15 is 0 Å². The molecule has 1 aromatic carbocycles. The van der Waals surface area contributed by atoms with Gasteiger partial charge in [-0.2, -0.15) is 0 Å². The Bertz CT molecular complexity index is 624. The zero-order valence-electron chi connectivity index (χ0n) is 11.9. The maximum absolute atomic E-state index is 11.2. The Kier molecular flexibility index (Phi) is 3.76. The molecule has 2 aromatic rings. The van der Waals surface area contributed by atoms with Crippen molar-refractivity contribution >= 4 is 27.3 Å². The van der Waals surface area contributed by atoms with Crippen LogP contribution in [0.1, 0.15) is 36.2 Å². The first-order chi connectivity index (χ1) is 9.65. The van der Waals surface area contributed by atoms with Crippen LogP contribution in [0.2, 0.25) is 0 Å². The zero-order chi connectivity index (χ0) is 14.1. The molecule has 4 heteroatoms. The smallest absolute Gasteiger partial charge is 0.220 e. The van der Waals surface area contributed by atoms with Crippen LogP contribution in [0.15, 0.2) is 24.3 Å². The Morgan fingerprint density at radius 2 is 2.20 bits per heavy atom. The third kappa shape index (κ3) is 2.58. The summed E-state index contributed by atoms with van der Waals surface area (Å²) in [6.07, 6.45) is 1.57. The standard InChI is InChI=1S/C16H20N2OS/c1-10-13-5-3-4-6-14(13)20-16(10)11(2)18-12-7-8-15(19)17-9-12/h3-6,11-12,18H,7-9H2,1-2H3,(H,17,19). The Morgan fingerprint density at radius 3 is 2.90 bits per heavy atom. The van der Waals surface area contributed by atoms with Crippen LogP contribution in [-0.4, -0.2) is 18.5 Å². The molecule has 3 nitrogen and oxygen atoms in total. The van der Waals surface area contributed by atoms with Crippen LogP contribution in [0, 0.1) is 6.92 Å². The fraction of sp³-hybridized carbons (Fsp3) is 0.438. The molecular formula is C16H20N2OS. The number of carbonyl (C=O) groups is 1. The van der Waals surface area contributed by atoms with Crippen LogP contribution in [0.5, 0.6) is 0 Å². The Balaban J connectivity index is 1.77. The summed E-state index contributed by atoms with van der Waals surface area (Å²) in [4.78, 5) is 12.6. The molecule has 0 spiro atoms. The van der Waals surface area contributed by atoms with Gasteiger partial charge in [0.1, 0.15) is 0 Å². The number of rotatable bonds is 3. The van der Waals surface area contributed by atoms with Gasteiger partial charge in [0, 0.05) is 34.6 Å². The number of nitrogens with one attached hydrogen (secondary N) is 2. The third-order valence-electron chi connectivity index (χ3n) is 4.03. The largest absolute Gasteiger partial charge is 0.355 e. The summed E-state index contributed by atoms with van der Waals surface area (Å²) in [5, 5.41) is 7.94. The van der Waals surface area contributed by atoms with E-state index in [2.05, 4.69) is 48.7 Å². The highest BCUT2D eigenvalue weighted by Crippen LogP contribution is 2.34. The molecule has 1 aliphatic rings. The predicted octanol–water partition coefficient (Wildman–Crippen LogP) is 3.14. The van der Waals surface area contributed by atoms with Crippen molar-refractivity contribution in [3.63, 3.8) is 0 Å². The molecule has 0 radical (unpaired) electrons. The van der Waals surface area contributed by atoms with Crippen LogP contribution >= 0.6 is 11.3 Å². The third-order valence-corrected chi connectivity index (χ3v) is 5.48. The molecule has 2 atom stereocenters. The number of hydrogen-bond acceptors (Lipinski definition) is 3. The highest BCUT2D eigenvalue weighted by molar-refractivity contribution is 7.19. The molecule has 106 valence electrons. The zero-order valence-corrected chi connectivity index (χ0v) is 12.7. The monoisotopic (exact) mass is 288 g/mol. The van der Waals surface area contributed by atoms with E-state index in [1.54, 1.807) is 0 Å². The molecule has 0 aliphatic carbocycles. The number of aryl methyl sites for hydroxylation is 1.